The van der Waals surface area contributed by atoms with Crippen LogP contribution in [0.25, 0.3) is 11.3 Å². The van der Waals surface area contributed by atoms with Gasteiger partial charge in [0.05, 0.1) is 13.2 Å². The number of nitrogens with zero attached hydrogens (tertiary/aromatic N) is 1. The summed E-state index contributed by atoms with van der Waals surface area (Å²) in [7, 11) is 0. The number of furan rings is 1. The summed E-state index contributed by atoms with van der Waals surface area (Å²) in [5, 5.41) is 12.0. The number of amides is 1. The van der Waals surface area contributed by atoms with Crippen molar-refractivity contribution >= 4 is 23.3 Å². The second kappa shape index (κ2) is 8.42. The molecule has 1 aromatic heterocycles. The van der Waals surface area contributed by atoms with Crippen LogP contribution in [0.15, 0.2) is 59.0 Å². The van der Waals surface area contributed by atoms with E-state index < -0.39 is 5.97 Å². The lowest BCUT2D eigenvalue weighted by Gasteiger charge is -2.28. The van der Waals surface area contributed by atoms with Gasteiger partial charge >= 0.3 is 5.97 Å². The number of hydrogen-bond acceptors (Lipinski definition) is 5. The summed E-state index contributed by atoms with van der Waals surface area (Å²) in [6.07, 6.45) is 0. The maximum Gasteiger partial charge on any atom is 0.371 e. The minimum atomic E-state index is -1.13. The Morgan fingerprint density at radius 2 is 1.73 bits per heavy atom. The standard InChI is InChI=1S/C23H22N2O5/c1-15-2-3-16(14-19(15)20-8-9-21(30-20)23(27)28)22(26)24-17-4-6-18(7-5-17)25-10-12-29-13-11-25/h2-9,14H,10-13H2,1H3,(H,24,26)(H,27,28). The second-order valence-corrected chi connectivity index (χ2v) is 7.10. The summed E-state index contributed by atoms with van der Waals surface area (Å²) >= 11 is 0. The minimum Gasteiger partial charge on any atom is -0.475 e. The zero-order chi connectivity index (χ0) is 21.1. The van der Waals surface area contributed by atoms with Gasteiger partial charge in [0.15, 0.2) is 0 Å². The van der Waals surface area contributed by atoms with Gasteiger partial charge in [-0.2, -0.15) is 0 Å². The molecule has 3 aromatic rings. The number of carbonyl (C=O) groups excluding carboxylic acids is 1. The maximum absolute atomic E-state index is 12.7. The highest BCUT2D eigenvalue weighted by atomic mass is 16.5. The summed E-state index contributed by atoms with van der Waals surface area (Å²) in [5.74, 6) is -1.11. The second-order valence-electron chi connectivity index (χ2n) is 7.10. The number of nitrogens with one attached hydrogen (secondary N) is 1. The molecule has 1 saturated heterocycles. The quantitative estimate of drug-likeness (QED) is 0.664. The van der Waals surface area contributed by atoms with E-state index >= 15 is 0 Å². The number of benzene rings is 2. The van der Waals surface area contributed by atoms with Gasteiger partial charge in [-0.05, 0) is 61.0 Å². The van der Waals surface area contributed by atoms with Gasteiger partial charge in [0.2, 0.25) is 5.76 Å². The lowest BCUT2D eigenvalue weighted by Crippen LogP contribution is -2.36. The Bertz CT molecular complexity index is 1070. The zero-order valence-electron chi connectivity index (χ0n) is 16.6. The number of carboxylic acids is 1. The van der Waals surface area contributed by atoms with E-state index in [1.807, 2.05) is 37.3 Å². The van der Waals surface area contributed by atoms with Gasteiger partial charge < -0.3 is 24.5 Å². The van der Waals surface area contributed by atoms with Crippen molar-refractivity contribution in [2.45, 2.75) is 6.92 Å². The third-order valence-electron chi connectivity index (χ3n) is 5.08. The highest BCUT2D eigenvalue weighted by molar-refractivity contribution is 6.05. The molecule has 1 fully saturated rings. The molecule has 0 aliphatic carbocycles. The molecule has 7 heteroatoms. The molecule has 0 spiro atoms. The average molecular weight is 406 g/mol. The largest absolute Gasteiger partial charge is 0.475 e. The highest BCUT2D eigenvalue weighted by Crippen LogP contribution is 2.27. The number of morpholine rings is 1. The Morgan fingerprint density at radius 3 is 2.40 bits per heavy atom. The van der Waals surface area contributed by atoms with Crippen LogP contribution in [0.3, 0.4) is 0 Å². The fourth-order valence-electron chi connectivity index (χ4n) is 3.41. The van der Waals surface area contributed by atoms with Crippen molar-refractivity contribution in [1.82, 2.24) is 0 Å². The lowest BCUT2D eigenvalue weighted by atomic mass is 10.0. The molecule has 30 heavy (non-hydrogen) atoms. The number of ether oxygens (including phenoxy) is 1. The van der Waals surface area contributed by atoms with Crippen LogP contribution < -0.4 is 10.2 Å². The average Bonchev–Trinajstić information content (AvgIpc) is 3.26. The molecule has 0 radical (unpaired) electrons. The first-order chi connectivity index (χ1) is 14.5. The molecule has 4 rings (SSSR count). The van der Waals surface area contributed by atoms with Crippen molar-refractivity contribution in [1.29, 1.82) is 0 Å². The van der Waals surface area contributed by atoms with Crippen LogP contribution in [0.1, 0.15) is 26.5 Å². The van der Waals surface area contributed by atoms with Gasteiger partial charge in [-0.15, -0.1) is 0 Å². The van der Waals surface area contributed by atoms with Crippen molar-refractivity contribution in [3.8, 4) is 11.3 Å². The summed E-state index contributed by atoms with van der Waals surface area (Å²) in [6, 6.07) is 16.0. The molecule has 7 nitrogen and oxygen atoms in total. The summed E-state index contributed by atoms with van der Waals surface area (Å²) in [6.45, 7) is 5.03. The molecule has 2 N–H and O–H groups in total. The SMILES string of the molecule is Cc1ccc(C(=O)Nc2ccc(N3CCOCC3)cc2)cc1-c1ccc(C(=O)O)o1. The Morgan fingerprint density at radius 1 is 1.00 bits per heavy atom. The first kappa shape index (κ1) is 19.7. The van der Waals surface area contributed by atoms with Crippen LogP contribution in [0, 0.1) is 6.92 Å². The third kappa shape index (κ3) is 4.21. The normalized spacial score (nSPS) is 13.8. The molecule has 2 heterocycles. The molecule has 0 unspecified atom stereocenters. The van der Waals surface area contributed by atoms with E-state index in [-0.39, 0.29) is 11.7 Å². The van der Waals surface area contributed by atoms with E-state index in [0.717, 1.165) is 37.6 Å². The summed E-state index contributed by atoms with van der Waals surface area (Å²) < 4.78 is 10.8. The van der Waals surface area contributed by atoms with Crippen molar-refractivity contribution in [3.63, 3.8) is 0 Å². The number of carbonyl (C=O) groups is 2. The number of anilines is 2. The fraction of sp³-hybridized carbons (Fsp3) is 0.217. The molecule has 1 aliphatic rings. The number of rotatable bonds is 5. The summed E-state index contributed by atoms with van der Waals surface area (Å²) in [5.41, 5.74) is 3.82. The van der Waals surface area contributed by atoms with E-state index in [1.165, 1.54) is 6.07 Å². The maximum atomic E-state index is 12.7. The Kier molecular flexibility index (Phi) is 5.54. The van der Waals surface area contributed by atoms with Crippen LogP contribution in [0.2, 0.25) is 0 Å². The van der Waals surface area contributed by atoms with E-state index in [9.17, 15) is 9.59 Å². The smallest absolute Gasteiger partial charge is 0.371 e. The first-order valence-corrected chi connectivity index (χ1v) is 9.69. The summed E-state index contributed by atoms with van der Waals surface area (Å²) in [4.78, 5) is 26.1. The molecular weight excluding hydrogens is 384 g/mol. The van der Waals surface area contributed by atoms with Gasteiger partial charge in [0.1, 0.15) is 5.76 Å². The topological polar surface area (TPSA) is 92.0 Å². The highest BCUT2D eigenvalue weighted by Gasteiger charge is 2.15. The fourth-order valence-corrected chi connectivity index (χ4v) is 3.41. The molecule has 0 atom stereocenters. The predicted molar refractivity (Wildman–Crippen MR) is 113 cm³/mol. The van der Waals surface area contributed by atoms with Crippen molar-refractivity contribution in [2.75, 3.05) is 36.5 Å². The predicted octanol–water partition coefficient (Wildman–Crippen LogP) is 4.04. The number of carboxylic acid groups (broad SMARTS) is 1. The van der Waals surface area contributed by atoms with Gasteiger partial charge in [-0.3, -0.25) is 4.79 Å². The molecule has 0 saturated carbocycles. The van der Waals surface area contributed by atoms with E-state index in [1.54, 1.807) is 18.2 Å². The monoisotopic (exact) mass is 406 g/mol. The minimum absolute atomic E-state index is 0.139. The van der Waals surface area contributed by atoms with Crippen LogP contribution in [-0.2, 0) is 4.74 Å². The van der Waals surface area contributed by atoms with E-state index in [0.29, 0.717) is 22.6 Å². The number of hydrogen-bond donors (Lipinski definition) is 2. The van der Waals surface area contributed by atoms with Gasteiger partial charge in [0, 0.05) is 35.6 Å². The molecule has 154 valence electrons. The Hall–Kier alpha value is -3.58. The molecule has 1 aliphatic heterocycles. The number of aromatic carboxylic acids is 1. The van der Waals surface area contributed by atoms with Gasteiger partial charge in [-0.25, -0.2) is 4.79 Å². The van der Waals surface area contributed by atoms with E-state index in [2.05, 4.69) is 10.2 Å². The van der Waals surface area contributed by atoms with E-state index in [4.69, 9.17) is 14.3 Å². The van der Waals surface area contributed by atoms with Crippen LogP contribution >= 0.6 is 0 Å². The Balaban J connectivity index is 1.50. The van der Waals surface area contributed by atoms with Crippen LogP contribution in [0.5, 0.6) is 0 Å². The lowest BCUT2D eigenvalue weighted by molar-refractivity contribution is 0.0663. The molecule has 0 bridgehead atoms. The first-order valence-electron chi connectivity index (χ1n) is 9.69. The van der Waals surface area contributed by atoms with Crippen molar-refractivity contribution < 1.29 is 23.8 Å². The number of aryl methyl sites for hydroxylation is 1. The van der Waals surface area contributed by atoms with Crippen LogP contribution in [0.4, 0.5) is 11.4 Å². The molecular formula is C23H22N2O5. The molecule has 1 amide bonds. The van der Waals surface area contributed by atoms with Crippen molar-refractivity contribution in [2.24, 2.45) is 0 Å². The van der Waals surface area contributed by atoms with Crippen LogP contribution in [-0.4, -0.2) is 43.3 Å². The molecule has 2 aromatic carbocycles. The van der Waals surface area contributed by atoms with Gasteiger partial charge in [0.25, 0.3) is 5.91 Å². The van der Waals surface area contributed by atoms with Crippen molar-refractivity contribution in [3.05, 3.63) is 71.5 Å². The third-order valence-corrected chi connectivity index (χ3v) is 5.08. The zero-order valence-corrected chi connectivity index (χ0v) is 16.6. The van der Waals surface area contributed by atoms with Gasteiger partial charge in [-0.1, -0.05) is 6.07 Å². The Labute approximate surface area is 173 Å².